The summed E-state index contributed by atoms with van der Waals surface area (Å²) in [6, 6.07) is 0. The fraction of sp³-hybridized carbons (Fsp3) is 0.333. The van der Waals surface area contributed by atoms with Crippen LogP contribution in [0.5, 0.6) is 0 Å². The maximum atomic E-state index is 9.85. The van der Waals surface area contributed by atoms with Gasteiger partial charge >= 0.3 is 0 Å². The molecule has 0 aromatic carbocycles. The number of thiazole rings is 1. The van der Waals surface area contributed by atoms with Crippen LogP contribution in [0.4, 0.5) is 0 Å². The summed E-state index contributed by atoms with van der Waals surface area (Å²) in [5.41, 5.74) is 2.77. The van der Waals surface area contributed by atoms with Gasteiger partial charge in [0.1, 0.15) is 6.29 Å². The lowest BCUT2D eigenvalue weighted by Gasteiger charge is -1.93. The molecule has 1 aromatic rings. The van der Waals surface area contributed by atoms with Crippen molar-refractivity contribution in [2.24, 2.45) is 0 Å². The van der Waals surface area contributed by atoms with Crippen LogP contribution in [-0.2, 0) is 11.3 Å². The average Bonchev–Trinajstić information content (AvgIpc) is 2.41. The van der Waals surface area contributed by atoms with E-state index in [0.717, 1.165) is 12.0 Å². The number of nitrogens with zero attached hydrogens (tertiary/aromatic N) is 1. The van der Waals surface area contributed by atoms with Crippen molar-refractivity contribution in [2.45, 2.75) is 6.54 Å². The largest absolute Gasteiger partial charge is 0.305 e. The van der Waals surface area contributed by atoms with Crippen molar-refractivity contribution in [1.82, 2.24) is 10.3 Å². The second-order valence-electron chi connectivity index (χ2n) is 1.78. The van der Waals surface area contributed by atoms with Gasteiger partial charge in [-0.2, -0.15) is 0 Å². The molecule has 0 saturated carbocycles. The van der Waals surface area contributed by atoms with E-state index >= 15 is 0 Å². The van der Waals surface area contributed by atoms with E-state index in [0.29, 0.717) is 13.1 Å². The van der Waals surface area contributed by atoms with Crippen molar-refractivity contribution in [1.29, 1.82) is 0 Å². The third kappa shape index (κ3) is 2.24. The van der Waals surface area contributed by atoms with Crippen molar-refractivity contribution >= 4 is 17.6 Å². The van der Waals surface area contributed by atoms with Gasteiger partial charge in [0.2, 0.25) is 0 Å². The Bertz CT molecular complexity index is 186. The lowest BCUT2D eigenvalue weighted by molar-refractivity contribution is -0.107. The summed E-state index contributed by atoms with van der Waals surface area (Å²) in [5.74, 6) is 0. The van der Waals surface area contributed by atoms with Crippen molar-refractivity contribution in [3.05, 3.63) is 16.6 Å². The number of aromatic nitrogens is 1. The summed E-state index contributed by atoms with van der Waals surface area (Å²) in [4.78, 5) is 13.9. The highest BCUT2D eigenvalue weighted by Gasteiger charge is 1.90. The normalized spacial score (nSPS) is 9.60. The zero-order chi connectivity index (χ0) is 7.23. The van der Waals surface area contributed by atoms with E-state index in [1.807, 2.05) is 5.38 Å². The fourth-order valence-electron chi connectivity index (χ4n) is 0.584. The molecule has 1 aromatic heterocycles. The van der Waals surface area contributed by atoms with E-state index in [9.17, 15) is 4.79 Å². The SMILES string of the molecule is O=CCNCc1cscn1. The number of rotatable bonds is 4. The molecule has 0 unspecified atom stereocenters. The molecule has 0 aliphatic rings. The first kappa shape index (κ1) is 7.37. The maximum absolute atomic E-state index is 9.85. The van der Waals surface area contributed by atoms with Crippen LogP contribution < -0.4 is 5.32 Å². The molecule has 0 fully saturated rings. The molecule has 0 spiro atoms. The number of aldehydes is 1. The number of carbonyl (C=O) groups is 1. The van der Waals surface area contributed by atoms with E-state index in [4.69, 9.17) is 0 Å². The van der Waals surface area contributed by atoms with Gasteiger partial charge < -0.3 is 10.1 Å². The van der Waals surface area contributed by atoms with Crippen molar-refractivity contribution in [3.63, 3.8) is 0 Å². The lowest BCUT2D eigenvalue weighted by Crippen LogP contribution is -2.15. The first-order valence-corrected chi connectivity index (χ1v) is 3.89. The fourth-order valence-corrected chi connectivity index (χ4v) is 1.14. The lowest BCUT2D eigenvalue weighted by atomic mass is 10.5. The summed E-state index contributed by atoms with van der Waals surface area (Å²) < 4.78 is 0. The highest BCUT2D eigenvalue weighted by atomic mass is 32.1. The Hall–Kier alpha value is -0.740. The number of carbonyl (C=O) groups excluding carboxylic acids is 1. The molecule has 1 N–H and O–H groups in total. The van der Waals surface area contributed by atoms with Crippen LogP contribution in [0.1, 0.15) is 5.69 Å². The third-order valence-corrected chi connectivity index (χ3v) is 1.65. The molecule has 0 bridgehead atoms. The molecular formula is C6H8N2OS. The molecule has 0 aliphatic carbocycles. The molecule has 0 atom stereocenters. The van der Waals surface area contributed by atoms with Gasteiger partial charge in [-0.15, -0.1) is 11.3 Å². The van der Waals surface area contributed by atoms with Gasteiger partial charge in [-0.1, -0.05) is 0 Å². The van der Waals surface area contributed by atoms with E-state index in [1.165, 1.54) is 0 Å². The third-order valence-electron chi connectivity index (χ3n) is 1.02. The Morgan fingerprint density at radius 1 is 1.80 bits per heavy atom. The van der Waals surface area contributed by atoms with E-state index < -0.39 is 0 Å². The molecule has 0 radical (unpaired) electrons. The van der Waals surface area contributed by atoms with E-state index in [2.05, 4.69) is 10.3 Å². The minimum absolute atomic E-state index is 0.400. The quantitative estimate of drug-likeness (QED) is 0.508. The van der Waals surface area contributed by atoms with Crippen LogP contribution in [0.15, 0.2) is 10.9 Å². The molecular weight excluding hydrogens is 148 g/mol. The molecule has 1 rings (SSSR count). The molecule has 54 valence electrons. The highest BCUT2D eigenvalue weighted by Crippen LogP contribution is 1.98. The highest BCUT2D eigenvalue weighted by molar-refractivity contribution is 7.07. The summed E-state index contributed by atoms with van der Waals surface area (Å²) in [6.07, 6.45) is 0.840. The Morgan fingerprint density at radius 3 is 3.30 bits per heavy atom. The first-order valence-electron chi connectivity index (χ1n) is 2.95. The number of nitrogens with one attached hydrogen (secondary N) is 1. The van der Waals surface area contributed by atoms with E-state index in [-0.39, 0.29) is 0 Å². The van der Waals surface area contributed by atoms with Gasteiger partial charge in [-0.3, -0.25) is 0 Å². The van der Waals surface area contributed by atoms with E-state index in [1.54, 1.807) is 16.8 Å². The van der Waals surface area contributed by atoms with Crippen LogP contribution >= 0.6 is 11.3 Å². The maximum Gasteiger partial charge on any atom is 0.133 e. The monoisotopic (exact) mass is 156 g/mol. The van der Waals surface area contributed by atoms with Crippen LogP contribution in [0.25, 0.3) is 0 Å². The predicted molar refractivity (Wildman–Crippen MR) is 39.9 cm³/mol. The van der Waals surface area contributed by atoms with Gasteiger partial charge in [0.15, 0.2) is 0 Å². The van der Waals surface area contributed by atoms with Gasteiger partial charge in [0.05, 0.1) is 17.7 Å². The molecule has 1 heterocycles. The number of hydrogen-bond donors (Lipinski definition) is 1. The molecule has 4 heteroatoms. The minimum Gasteiger partial charge on any atom is -0.305 e. The molecule has 3 nitrogen and oxygen atoms in total. The van der Waals surface area contributed by atoms with Gasteiger partial charge in [0, 0.05) is 11.9 Å². The summed E-state index contributed by atoms with van der Waals surface area (Å²) in [5, 5.41) is 4.87. The smallest absolute Gasteiger partial charge is 0.133 e. The summed E-state index contributed by atoms with van der Waals surface area (Å²) in [7, 11) is 0. The molecule has 0 saturated heterocycles. The number of hydrogen-bond acceptors (Lipinski definition) is 4. The van der Waals surface area contributed by atoms with Crippen LogP contribution in [0.3, 0.4) is 0 Å². The molecule has 0 aliphatic heterocycles. The summed E-state index contributed by atoms with van der Waals surface area (Å²) >= 11 is 1.56. The van der Waals surface area contributed by atoms with Gasteiger partial charge in [-0.25, -0.2) is 4.98 Å². The van der Waals surface area contributed by atoms with Crippen LogP contribution in [0.2, 0.25) is 0 Å². The van der Waals surface area contributed by atoms with Gasteiger partial charge in [-0.05, 0) is 0 Å². The Balaban J connectivity index is 2.21. The van der Waals surface area contributed by atoms with Crippen molar-refractivity contribution in [2.75, 3.05) is 6.54 Å². The predicted octanol–water partition coefficient (Wildman–Crippen LogP) is 0.432. The minimum atomic E-state index is 0.400. The second-order valence-corrected chi connectivity index (χ2v) is 2.50. The standard InChI is InChI=1S/C6H8N2OS/c9-2-1-7-3-6-4-10-5-8-6/h2,4-5,7H,1,3H2. The van der Waals surface area contributed by atoms with Crippen LogP contribution in [-0.4, -0.2) is 17.8 Å². The van der Waals surface area contributed by atoms with Gasteiger partial charge in [0.25, 0.3) is 0 Å². The average molecular weight is 156 g/mol. The zero-order valence-electron chi connectivity index (χ0n) is 5.41. The topological polar surface area (TPSA) is 42.0 Å². The first-order chi connectivity index (χ1) is 4.93. The van der Waals surface area contributed by atoms with Crippen molar-refractivity contribution < 1.29 is 4.79 Å². The summed E-state index contributed by atoms with van der Waals surface area (Å²) in [6.45, 7) is 1.08. The Kier molecular flexibility index (Phi) is 3.05. The Morgan fingerprint density at radius 2 is 2.70 bits per heavy atom. The molecule has 10 heavy (non-hydrogen) atoms. The molecule has 0 amide bonds. The zero-order valence-corrected chi connectivity index (χ0v) is 6.23. The second kappa shape index (κ2) is 4.14. The van der Waals surface area contributed by atoms with Crippen LogP contribution in [0, 0.1) is 0 Å². The van der Waals surface area contributed by atoms with Crippen molar-refractivity contribution in [3.8, 4) is 0 Å². The Labute approximate surface area is 63.1 Å².